The minimum absolute atomic E-state index is 0.00170. The molecule has 0 amide bonds. The largest absolute Gasteiger partial charge is 0.247 e. The Morgan fingerprint density at radius 1 is 0.565 bits per heavy atom. The first-order valence-electron chi connectivity index (χ1n) is 9.52. The van der Waals surface area contributed by atoms with Gasteiger partial charge in [-0.25, -0.2) is 17.6 Å². The van der Waals surface area contributed by atoms with E-state index in [1.807, 2.05) is 0 Å². The third-order valence-electron chi connectivity index (χ3n) is 6.94. The molecule has 0 aromatic carbocycles. The Balaban J connectivity index is 1.54. The first-order chi connectivity index (χ1) is 11.0. The van der Waals surface area contributed by atoms with Crippen molar-refractivity contribution in [2.75, 3.05) is 0 Å². The molecular formula is C19H30F4. The second kappa shape index (κ2) is 7.31. The van der Waals surface area contributed by atoms with E-state index in [-0.39, 0.29) is 24.7 Å². The van der Waals surface area contributed by atoms with Gasteiger partial charge in [0.15, 0.2) is 6.17 Å². The molecule has 5 atom stereocenters. The van der Waals surface area contributed by atoms with Crippen molar-refractivity contribution < 1.29 is 17.6 Å². The molecule has 4 heteroatoms. The van der Waals surface area contributed by atoms with Crippen LogP contribution in [0.3, 0.4) is 0 Å². The number of hydrogen-bond donors (Lipinski definition) is 0. The normalized spacial score (nSPS) is 52.3. The highest BCUT2D eigenvalue weighted by Crippen LogP contribution is 2.47. The molecular weight excluding hydrogens is 304 g/mol. The SMILES string of the molecule is CC1CCC([C@@H]2CCC(C3CC(F)C(F)C(F)C3)C(F)C2)CC1. The lowest BCUT2D eigenvalue weighted by Gasteiger charge is -2.43. The summed E-state index contributed by atoms with van der Waals surface area (Å²) in [7, 11) is 0. The highest BCUT2D eigenvalue weighted by Gasteiger charge is 2.45. The Morgan fingerprint density at radius 2 is 1.09 bits per heavy atom. The molecule has 0 aromatic heterocycles. The van der Waals surface area contributed by atoms with Crippen molar-refractivity contribution in [2.45, 2.75) is 89.4 Å². The molecule has 4 unspecified atom stereocenters. The Hall–Kier alpha value is -0.280. The molecule has 3 aliphatic rings. The average Bonchev–Trinajstić information content (AvgIpc) is 2.53. The summed E-state index contributed by atoms with van der Waals surface area (Å²) in [4.78, 5) is 0. The lowest BCUT2D eigenvalue weighted by atomic mass is 9.64. The first kappa shape index (κ1) is 17.5. The van der Waals surface area contributed by atoms with Gasteiger partial charge in [-0.1, -0.05) is 19.8 Å². The number of alkyl halides is 4. The van der Waals surface area contributed by atoms with Crippen molar-refractivity contribution in [1.29, 1.82) is 0 Å². The van der Waals surface area contributed by atoms with Gasteiger partial charge in [0.05, 0.1) is 0 Å². The summed E-state index contributed by atoms with van der Waals surface area (Å²) >= 11 is 0. The Morgan fingerprint density at radius 3 is 1.65 bits per heavy atom. The maximum atomic E-state index is 14.7. The predicted octanol–water partition coefficient (Wildman–Crippen LogP) is 5.99. The highest BCUT2D eigenvalue weighted by molar-refractivity contribution is 4.94. The van der Waals surface area contributed by atoms with Crippen LogP contribution >= 0.6 is 0 Å². The van der Waals surface area contributed by atoms with Crippen molar-refractivity contribution in [3.8, 4) is 0 Å². The average molecular weight is 334 g/mol. The predicted molar refractivity (Wildman–Crippen MR) is 84.3 cm³/mol. The first-order valence-corrected chi connectivity index (χ1v) is 9.52. The van der Waals surface area contributed by atoms with Crippen molar-refractivity contribution in [3.05, 3.63) is 0 Å². The molecule has 134 valence electrons. The molecule has 0 aliphatic heterocycles. The van der Waals surface area contributed by atoms with Crippen molar-refractivity contribution in [2.24, 2.45) is 29.6 Å². The van der Waals surface area contributed by atoms with Crippen LogP contribution in [-0.4, -0.2) is 24.7 Å². The molecule has 3 fully saturated rings. The lowest BCUT2D eigenvalue weighted by Crippen LogP contribution is -2.43. The summed E-state index contributed by atoms with van der Waals surface area (Å²) in [5.41, 5.74) is 0. The van der Waals surface area contributed by atoms with E-state index in [0.29, 0.717) is 18.3 Å². The summed E-state index contributed by atoms with van der Waals surface area (Å²) in [6, 6.07) is 0. The minimum Gasteiger partial charge on any atom is -0.247 e. The van der Waals surface area contributed by atoms with Gasteiger partial charge in [0.25, 0.3) is 0 Å². The van der Waals surface area contributed by atoms with E-state index in [4.69, 9.17) is 0 Å². The fraction of sp³-hybridized carbons (Fsp3) is 1.00. The quantitative estimate of drug-likeness (QED) is 0.544. The van der Waals surface area contributed by atoms with Crippen molar-refractivity contribution >= 4 is 0 Å². The van der Waals surface area contributed by atoms with Crippen LogP contribution in [0.15, 0.2) is 0 Å². The van der Waals surface area contributed by atoms with E-state index in [1.54, 1.807) is 0 Å². The molecule has 0 nitrogen and oxygen atoms in total. The fourth-order valence-corrected chi connectivity index (χ4v) is 5.40. The van der Waals surface area contributed by atoms with E-state index >= 15 is 0 Å². The van der Waals surface area contributed by atoms with Crippen molar-refractivity contribution in [1.82, 2.24) is 0 Å². The topological polar surface area (TPSA) is 0 Å². The van der Waals surface area contributed by atoms with E-state index in [1.165, 1.54) is 25.7 Å². The lowest BCUT2D eigenvalue weighted by molar-refractivity contribution is -0.0285. The zero-order chi connectivity index (χ0) is 16.6. The zero-order valence-corrected chi connectivity index (χ0v) is 14.1. The van der Waals surface area contributed by atoms with Gasteiger partial charge in [0.2, 0.25) is 0 Å². The van der Waals surface area contributed by atoms with Crippen LogP contribution in [0.5, 0.6) is 0 Å². The van der Waals surface area contributed by atoms with Gasteiger partial charge in [0.1, 0.15) is 18.5 Å². The third kappa shape index (κ3) is 3.87. The standard InChI is InChI=1S/C19H30F4/c1-11-2-4-12(5-3-11)13-6-7-15(16(20)8-13)14-9-17(21)19(23)18(22)10-14/h11-19H,2-10H2,1H3/t11?,12?,13-,14?,15?,16?,17?,18?,19?/m1/s1. The summed E-state index contributed by atoms with van der Waals surface area (Å²) in [6.45, 7) is 2.28. The third-order valence-corrected chi connectivity index (χ3v) is 6.94. The van der Waals surface area contributed by atoms with Gasteiger partial charge in [-0.3, -0.25) is 0 Å². The van der Waals surface area contributed by atoms with Gasteiger partial charge in [-0.2, -0.15) is 0 Å². The number of hydrogen-bond acceptors (Lipinski definition) is 0. The molecule has 0 radical (unpaired) electrons. The van der Waals surface area contributed by atoms with Gasteiger partial charge in [-0.05, 0) is 74.5 Å². The maximum absolute atomic E-state index is 14.7. The van der Waals surface area contributed by atoms with Crippen LogP contribution in [0, 0.1) is 29.6 Å². The summed E-state index contributed by atoms with van der Waals surface area (Å²) in [5, 5.41) is 0. The fourth-order valence-electron chi connectivity index (χ4n) is 5.40. The van der Waals surface area contributed by atoms with Crippen LogP contribution in [0.1, 0.15) is 64.7 Å². The van der Waals surface area contributed by atoms with Crippen LogP contribution in [0.4, 0.5) is 17.6 Å². The van der Waals surface area contributed by atoms with Crippen LogP contribution in [0.2, 0.25) is 0 Å². The molecule has 3 saturated carbocycles. The molecule has 3 aliphatic carbocycles. The monoisotopic (exact) mass is 334 g/mol. The molecule has 0 heterocycles. The van der Waals surface area contributed by atoms with Gasteiger partial charge in [0, 0.05) is 0 Å². The Labute approximate surface area is 137 Å². The van der Waals surface area contributed by atoms with Crippen LogP contribution < -0.4 is 0 Å². The van der Waals surface area contributed by atoms with Gasteiger partial charge >= 0.3 is 0 Å². The molecule has 3 rings (SSSR count). The van der Waals surface area contributed by atoms with Crippen molar-refractivity contribution in [3.63, 3.8) is 0 Å². The minimum atomic E-state index is -2.01. The summed E-state index contributed by atoms with van der Waals surface area (Å²) in [6.07, 6.45) is 0.658. The van der Waals surface area contributed by atoms with Crippen LogP contribution in [0.25, 0.3) is 0 Å². The molecule has 23 heavy (non-hydrogen) atoms. The number of halogens is 4. The van der Waals surface area contributed by atoms with Gasteiger partial charge < -0.3 is 0 Å². The summed E-state index contributed by atoms with van der Waals surface area (Å²) < 4.78 is 55.3. The second-order valence-electron chi connectivity index (χ2n) is 8.48. The molecule has 0 N–H and O–H groups in total. The second-order valence-corrected chi connectivity index (χ2v) is 8.48. The van der Waals surface area contributed by atoms with E-state index in [2.05, 4.69) is 6.92 Å². The molecule has 0 bridgehead atoms. The zero-order valence-electron chi connectivity index (χ0n) is 14.1. The molecule has 0 saturated heterocycles. The van der Waals surface area contributed by atoms with Crippen LogP contribution in [-0.2, 0) is 0 Å². The molecule has 0 aromatic rings. The smallest absolute Gasteiger partial charge is 0.162 e. The maximum Gasteiger partial charge on any atom is 0.162 e. The highest BCUT2D eigenvalue weighted by atomic mass is 19.2. The van der Waals surface area contributed by atoms with E-state index in [0.717, 1.165) is 18.8 Å². The summed E-state index contributed by atoms with van der Waals surface area (Å²) in [5.74, 6) is 1.28. The Kier molecular flexibility index (Phi) is 5.57. The van der Waals surface area contributed by atoms with E-state index < -0.39 is 24.7 Å². The number of rotatable bonds is 2. The molecule has 0 spiro atoms. The van der Waals surface area contributed by atoms with Gasteiger partial charge in [-0.15, -0.1) is 0 Å². The van der Waals surface area contributed by atoms with E-state index in [9.17, 15) is 17.6 Å². The Bertz CT molecular complexity index is 368.